The molecule has 0 unspecified atom stereocenters. The highest BCUT2D eigenvalue weighted by Gasteiger charge is 2.11. The van der Waals surface area contributed by atoms with Gasteiger partial charge in [-0.15, -0.1) is 0 Å². The molecule has 2 rings (SSSR count). The van der Waals surface area contributed by atoms with Crippen molar-refractivity contribution in [1.82, 2.24) is 19.9 Å². The Morgan fingerprint density at radius 2 is 2.31 bits per heavy atom. The number of H-pyrrole nitrogens is 1. The fourth-order valence-electron chi connectivity index (χ4n) is 1.03. The maximum absolute atomic E-state index is 12.7. The van der Waals surface area contributed by atoms with Gasteiger partial charge in [0.25, 0.3) is 0 Å². The van der Waals surface area contributed by atoms with Crippen LogP contribution in [0.1, 0.15) is 0 Å². The zero-order chi connectivity index (χ0) is 9.42. The molecule has 0 aliphatic heterocycles. The van der Waals surface area contributed by atoms with Crippen LogP contribution in [0.2, 0.25) is 0 Å². The molecule has 2 N–H and O–H groups in total. The molecule has 0 aliphatic rings. The Bertz CT molecular complexity index is 440. The van der Waals surface area contributed by atoms with E-state index in [-0.39, 0.29) is 11.5 Å². The lowest BCUT2D eigenvalue weighted by Crippen LogP contribution is -2.13. The molecule has 2 aromatic rings. The van der Waals surface area contributed by atoms with Gasteiger partial charge < -0.3 is 4.98 Å². The molecule has 0 saturated heterocycles. The SMILES string of the molecule is CN(O)c1nc(F)nc2nc[nH]c12. The molecule has 0 radical (unpaired) electrons. The topological polar surface area (TPSA) is 77.9 Å². The summed E-state index contributed by atoms with van der Waals surface area (Å²) in [6.07, 6.45) is 0.432. The van der Waals surface area contributed by atoms with Crippen LogP contribution >= 0.6 is 0 Å². The lowest BCUT2D eigenvalue weighted by Gasteiger charge is -2.08. The van der Waals surface area contributed by atoms with Gasteiger partial charge in [0.05, 0.1) is 6.33 Å². The minimum Gasteiger partial charge on any atom is -0.340 e. The molecule has 13 heavy (non-hydrogen) atoms. The van der Waals surface area contributed by atoms with Gasteiger partial charge in [-0.25, -0.2) is 10.0 Å². The quantitative estimate of drug-likeness (QED) is 0.491. The van der Waals surface area contributed by atoms with Gasteiger partial charge in [0.15, 0.2) is 11.5 Å². The summed E-state index contributed by atoms with van der Waals surface area (Å²) < 4.78 is 12.7. The molecule has 68 valence electrons. The largest absolute Gasteiger partial charge is 0.340 e. The lowest BCUT2D eigenvalue weighted by atomic mass is 10.5. The molecule has 0 amide bonds. The molecule has 2 heterocycles. The number of aromatic amines is 1. The Morgan fingerprint density at radius 3 is 3.00 bits per heavy atom. The molecular formula is C6H6FN5O. The van der Waals surface area contributed by atoms with Crippen molar-refractivity contribution in [1.29, 1.82) is 0 Å². The number of hydrogen-bond donors (Lipinski definition) is 2. The Hall–Kier alpha value is -1.76. The van der Waals surface area contributed by atoms with E-state index in [0.717, 1.165) is 0 Å². The maximum atomic E-state index is 12.7. The van der Waals surface area contributed by atoms with E-state index < -0.39 is 6.08 Å². The number of halogens is 1. The number of hydroxylamine groups is 1. The van der Waals surface area contributed by atoms with E-state index in [1.807, 2.05) is 0 Å². The van der Waals surface area contributed by atoms with Gasteiger partial charge in [0.2, 0.25) is 0 Å². The number of fused-ring (bicyclic) bond motifs is 1. The highest BCUT2D eigenvalue weighted by molar-refractivity contribution is 5.81. The van der Waals surface area contributed by atoms with E-state index in [9.17, 15) is 4.39 Å². The molecule has 6 nitrogen and oxygen atoms in total. The van der Waals surface area contributed by atoms with Crippen LogP contribution in [0.25, 0.3) is 11.2 Å². The van der Waals surface area contributed by atoms with Crippen molar-refractivity contribution in [2.75, 3.05) is 12.1 Å². The Kier molecular flexibility index (Phi) is 1.59. The normalized spacial score (nSPS) is 10.7. The summed E-state index contributed by atoms with van der Waals surface area (Å²) in [5.74, 6) is 0.0556. The fourth-order valence-corrected chi connectivity index (χ4v) is 1.03. The Labute approximate surface area is 72.0 Å². The number of aromatic nitrogens is 4. The van der Waals surface area contributed by atoms with E-state index in [1.165, 1.54) is 13.4 Å². The van der Waals surface area contributed by atoms with Crippen LogP contribution in [0.3, 0.4) is 0 Å². The minimum absolute atomic E-state index is 0.0556. The van der Waals surface area contributed by atoms with E-state index >= 15 is 0 Å². The van der Waals surface area contributed by atoms with Crippen LogP contribution in [-0.2, 0) is 0 Å². The van der Waals surface area contributed by atoms with Gasteiger partial charge in [0.1, 0.15) is 5.52 Å². The molecule has 0 aromatic carbocycles. The zero-order valence-electron chi connectivity index (χ0n) is 6.69. The number of hydrogen-bond acceptors (Lipinski definition) is 5. The number of anilines is 1. The average molecular weight is 183 g/mol. The maximum Gasteiger partial charge on any atom is 0.312 e. The van der Waals surface area contributed by atoms with Crippen molar-refractivity contribution in [3.63, 3.8) is 0 Å². The molecule has 0 fully saturated rings. The molecule has 0 atom stereocenters. The number of nitrogens with one attached hydrogen (secondary N) is 1. The van der Waals surface area contributed by atoms with Crippen LogP contribution in [0.15, 0.2) is 6.33 Å². The summed E-state index contributed by atoms with van der Waals surface area (Å²) in [4.78, 5) is 13.3. The molecular weight excluding hydrogens is 177 g/mol. The van der Waals surface area contributed by atoms with Crippen LogP contribution < -0.4 is 5.06 Å². The summed E-state index contributed by atoms with van der Waals surface area (Å²) in [6, 6.07) is 0. The highest BCUT2D eigenvalue weighted by Crippen LogP contribution is 2.17. The van der Waals surface area contributed by atoms with Crippen LogP contribution in [0, 0.1) is 6.08 Å². The second kappa shape index (κ2) is 2.63. The van der Waals surface area contributed by atoms with Gasteiger partial charge in [-0.3, -0.25) is 5.21 Å². The summed E-state index contributed by atoms with van der Waals surface area (Å²) in [7, 11) is 1.34. The standard InChI is InChI=1S/C6H6FN5O/c1-12(13)5-3-4(9-2-8-3)10-6(7)11-5/h2,13H,1H3,(H,8,9,10,11). The fraction of sp³-hybridized carbons (Fsp3) is 0.167. The van der Waals surface area contributed by atoms with Gasteiger partial charge in [-0.1, -0.05) is 0 Å². The molecule has 0 saturated carbocycles. The van der Waals surface area contributed by atoms with Gasteiger partial charge in [-0.2, -0.15) is 14.4 Å². The summed E-state index contributed by atoms with van der Waals surface area (Å²) >= 11 is 0. The number of nitrogens with zero attached hydrogens (tertiary/aromatic N) is 4. The molecule has 0 aliphatic carbocycles. The summed E-state index contributed by atoms with van der Waals surface area (Å²) in [5, 5.41) is 9.79. The first-order chi connectivity index (χ1) is 6.18. The van der Waals surface area contributed by atoms with E-state index in [2.05, 4.69) is 19.9 Å². The third-order valence-electron chi connectivity index (χ3n) is 1.55. The van der Waals surface area contributed by atoms with Crippen LogP contribution in [0.4, 0.5) is 10.2 Å². The van der Waals surface area contributed by atoms with Crippen molar-refractivity contribution in [3.8, 4) is 0 Å². The van der Waals surface area contributed by atoms with Crippen molar-refractivity contribution in [2.45, 2.75) is 0 Å². The number of imidazole rings is 1. The second-order valence-corrected chi connectivity index (χ2v) is 2.44. The molecule has 0 bridgehead atoms. The van der Waals surface area contributed by atoms with Gasteiger partial charge in [-0.05, 0) is 0 Å². The minimum atomic E-state index is -0.921. The van der Waals surface area contributed by atoms with Crippen LogP contribution in [0.5, 0.6) is 0 Å². The van der Waals surface area contributed by atoms with Crippen molar-refractivity contribution in [3.05, 3.63) is 12.4 Å². The zero-order valence-corrected chi connectivity index (χ0v) is 6.69. The predicted octanol–water partition coefficient (Wildman–Crippen LogP) is 0.317. The molecule has 0 spiro atoms. The lowest BCUT2D eigenvalue weighted by molar-refractivity contribution is 0.275. The summed E-state index contributed by atoms with van der Waals surface area (Å²) in [5.41, 5.74) is 0.579. The molecule has 2 aromatic heterocycles. The molecule has 7 heteroatoms. The predicted molar refractivity (Wildman–Crippen MR) is 41.8 cm³/mol. The summed E-state index contributed by atoms with van der Waals surface area (Å²) in [6.45, 7) is 0. The monoisotopic (exact) mass is 183 g/mol. The third-order valence-corrected chi connectivity index (χ3v) is 1.55. The Morgan fingerprint density at radius 1 is 1.54 bits per heavy atom. The number of rotatable bonds is 1. The first-order valence-corrected chi connectivity index (χ1v) is 3.47. The van der Waals surface area contributed by atoms with E-state index in [1.54, 1.807) is 0 Å². The highest BCUT2D eigenvalue weighted by atomic mass is 19.1. The van der Waals surface area contributed by atoms with E-state index in [0.29, 0.717) is 10.6 Å². The first-order valence-electron chi connectivity index (χ1n) is 3.47. The van der Waals surface area contributed by atoms with Gasteiger partial charge in [0, 0.05) is 7.05 Å². The van der Waals surface area contributed by atoms with Crippen molar-refractivity contribution >= 4 is 17.0 Å². The first kappa shape index (κ1) is 7.87. The Balaban J connectivity index is 2.77. The van der Waals surface area contributed by atoms with Crippen molar-refractivity contribution < 1.29 is 9.60 Å². The average Bonchev–Trinajstić information content (AvgIpc) is 2.49. The smallest absolute Gasteiger partial charge is 0.312 e. The van der Waals surface area contributed by atoms with Crippen molar-refractivity contribution in [2.24, 2.45) is 0 Å². The van der Waals surface area contributed by atoms with Crippen LogP contribution in [-0.4, -0.2) is 32.2 Å². The third kappa shape index (κ3) is 1.18. The van der Waals surface area contributed by atoms with E-state index in [4.69, 9.17) is 5.21 Å². The van der Waals surface area contributed by atoms with Gasteiger partial charge >= 0.3 is 6.08 Å². The second-order valence-electron chi connectivity index (χ2n) is 2.44.